The molecule has 0 amide bonds. The van der Waals surface area contributed by atoms with E-state index in [0.717, 1.165) is 24.3 Å². The summed E-state index contributed by atoms with van der Waals surface area (Å²) in [5.74, 6) is -0.215. The zero-order valence-corrected chi connectivity index (χ0v) is 18.9. The minimum absolute atomic E-state index is 0.116. The third-order valence-corrected chi connectivity index (χ3v) is 7.96. The maximum absolute atomic E-state index is 12.6. The van der Waals surface area contributed by atoms with Gasteiger partial charge < -0.3 is 13.7 Å². The first-order valence-electron chi connectivity index (χ1n) is 9.89. The van der Waals surface area contributed by atoms with E-state index in [1.807, 2.05) is 17.8 Å². The van der Waals surface area contributed by atoms with Gasteiger partial charge in [-0.2, -0.15) is 4.31 Å². The number of ether oxygens (including phenoxy) is 1. The van der Waals surface area contributed by atoms with Crippen molar-refractivity contribution in [3.63, 3.8) is 0 Å². The van der Waals surface area contributed by atoms with Crippen LogP contribution in [-0.4, -0.2) is 41.3 Å². The smallest absolute Gasteiger partial charge is 0.343 e. The lowest BCUT2D eigenvalue weighted by Gasteiger charge is -2.15. The third kappa shape index (κ3) is 4.79. The molecule has 0 spiro atoms. The molecule has 0 unspecified atom stereocenters. The maximum atomic E-state index is 12.6. The minimum Gasteiger partial charge on any atom is -0.464 e. The molecule has 2 aromatic heterocycles. The Labute approximate surface area is 189 Å². The van der Waals surface area contributed by atoms with Gasteiger partial charge in [0.2, 0.25) is 21.2 Å². The van der Waals surface area contributed by atoms with Gasteiger partial charge in [-0.15, -0.1) is 0 Å². The van der Waals surface area contributed by atoms with E-state index in [1.54, 1.807) is 6.20 Å². The van der Waals surface area contributed by atoms with Crippen LogP contribution in [0.5, 0.6) is 5.75 Å². The predicted molar refractivity (Wildman–Crippen MR) is 117 cm³/mol. The molecule has 0 aliphatic carbocycles. The molecule has 0 radical (unpaired) electrons. The summed E-state index contributed by atoms with van der Waals surface area (Å²) in [7, 11) is -1.70. The van der Waals surface area contributed by atoms with E-state index in [0.29, 0.717) is 24.6 Å². The van der Waals surface area contributed by atoms with Gasteiger partial charge in [0.15, 0.2) is 5.16 Å². The number of hydrogen-bond acceptors (Lipinski definition) is 8. The van der Waals surface area contributed by atoms with E-state index in [1.165, 1.54) is 46.4 Å². The summed E-state index contributed by atoms with van der Waals surface area (Å²) in [6.45, 7) is 0.996. The van der Waals surface area contributed by atoms with E-state index in [2.05, 4.69) is 4.98 Å². The molecular weight excluding hydrogens is 454 g/mol. The number of aromatic nitrogens is 2. The fraction of sp³-hybridized carbons (Fsp3) is 0.286. The van der Waals surface area contributed by atoms with Crippen molar-refractivity contribution < 1.29 is 22.4 Å². The molecule has 168 valence electrons. The van der Waals surface area contributed by atoms with Crippen molar-refractivity contribution in [1.29, 1.82) is 0 Å². The van der Waals surface area contributed by atoms with Crippen LogP contribution in [0.15, 0.2) is 68.3 Å². The summed E-state index contributed by atoms with van der Waals surface area (Å²) in [6, 6.07) is 6.73. The van der Waals surface area contributed by atoms with Gasteiger partial charge in [0, 0.05) is 38.6 Å². The largest absolute Gasteiger partial charge is 0.464 e. The van der Waals surface area contributed by atoms with E-state index in [-0.39, 0.29) is 16.2 Å². The number of esters is 1. The van der Waals surface area contributed by atoms with Gasteiger partial charge in [0.1, 0.15) is 12.0 Å². The zero-order valence-electron chi connectivity index (χ0n) is 17.3. The highest BCUT2D eigenvalue weighted by Gasteiger charge is 2.27. The number of aryl methyl sites for hydroxylation is 1. The second kappa shape index (κ2) is 9.31. The van der Waals surface area contributed by atoms with Crippen molar-refractivity contribution in [1.82, 2.24) is 13.9 Å². The molecule has 0 atom stereocenters. The molecule has 1 aliphatic heterocycles. The number of benzene rings is 1. The summed E-state index contributed by atoms with van der Waals surface area (Å²) < 4.78 is 39.0. The normalized spacial score (nSPS) is 14.5. The minimum atomic E-state index is -3.57. The Morgan fingerprint density at radius 1 is 1.22 bits per heavy atom. The molecule has 0 saturated carbocycles. The number of thioether (sulfide) groups is 1. The Morgan fingerprint density at radius 2 is 1.94 bits per heavy atom. The highest BCUT2D eigenvalue weighted by molar-refractivity contribution is 7.98. The van der Waals surface area contributed by atoms with Gasteiger partial charge in [-0.3, -0.25) is 4.79 Å². The second-order valence-corrected chi connectivity index (χ2v) is 10.1. The molecule has 1 saturated heterocycles. The molecule has 4 rings (SSSR count). The number of carbonyl (C=O) groups excluding carboxylic acids is 1. The van der Waals surface area contributed by atoms with Gasteiger partial charge >= 0.3 is 5.97 Å². The summed E-state index contributed by atoms with van der Waals surface area (Å²) >= 11 is 1.40. The fourth-order valence-corrected chi connectivity index (χ4v) is 5.55. The maximum Gasteiger partial charge on any atom is 0.343 e. The SMILES string of the molecule is Cn1ccnc1SCc1cc(=O)c(OC(=O)c2ccc(S(=O)(=O)N3CCCC3)cc2)co1. The summed E-state index contributed by atoms with van der Waals surface area (Å²) in [4.78, 5) is 29.0. The van der Waals surface area contributed by atoms with Gasteiger partial charge in [-0.1, -0.05) is 11.8 Å². The number of hydrogen-bond donors (Lipinski definition) is 0. The predicted octanol–water partition coefficient (Wildman–Crippen LogP) is 2.67. The Hall–Kier alpha value is -2.89. The average molecular weight is 476 g/mol. The van der Waals surface area contributed by atoms with Crippen LogP contribution in [0.25, 0.3) is 0 Å². The quantitative estimate of drug-likeness (QED) is 0.379. The van der Waals surface area contributed by atoms with Crippen molar-refractivity contribution in [2.75, 3.05) is 13.1 Å². The molecule has 0 N–H and O–H groups in total. The second-order valence-electron chi connectivity index (χ2n) is 7.21. The Kier molecular flexibility index (Phi) is 6.49. The molecule has 3 heterocycles. The number of imidazole rings is 1. The van der Waals surface area contributed by atoms with E-state index >= 15 is 0 Å². The van der Waals surface area contributed by atoms with Crippen LogP contribution in [0.3, 0.4) is 0 Å². The molecule has 3 aromatic rings. The first-order chi connectivity index (χ1) is 15.3. The van der Waals surface area contributed by atoms with Gasteiger partial charge in [-0.25, -0.2) is 18.2 Å². The van der Waals surface area contributed by atoms with E-state index in [9.17, 15) is 18.0 Å². The topological polar surface area (TPSA) is 112 Å². The average Bonchev–Trinajstić information content (AvgIpc) is 3.46. The van der Waals surface area contributed by atoms with Crippen LogP contribution in [-0.2, 0) is 22.8 Å². The van der Waals surface area contributed by atoms with Crippen LogP contribution < -0.4 is 10.2 Å². The Bertz CT molecular complexity index is 1280. The Morgan fingerprint density at radius 3 is 2.56 bits per heavy atom. The van der Waals surface area contributed by atoms with Crippen molar-refractivity contribution in [3.05, 3.63) is 70.5 Å². The summed E-state index contributed by atoms with van der Waals surface area (Å²) in [5.41, 5.74) is -0.368. The van der Waals surface area contributed by atoms with Crippen molar-refractivity contribution in [2.24, 2.45) is 7.05 Å². The van der Waals surface area contributed by atoms with Crippen molar-refractivity contribution >= 4 is 27.8 Å². The van der Waals surface area contributed by atoms with Crippen LogP contribution >= 0.6 is 11.8 Å². The zero-order chi connectivity index (χ0) is 22.7. The molecule has 0 bridgehead atoms. The van der Waals surface area contributed by atoms with Crippen LogP contribution in [0.1, 0.15) is 29.0 Å². The standard InChI is InChI=1S/C21H21N3O6S2/c1-23-11-8-22-21(23)31-14-16-12-18(25)19(13-29-16)30-20(26)15-4-6-17(7-5-15)32(27,28)24-9-2-3-10-24/h4-8,11-13H,2-3,9-10,14H2,1H3. The molecular formula is C21H21N3O6S2. The van der Waals surface area contributed by atoms with Crippen LogP contribution in [0.2, 0.25) is 0 Å². The van der Waals surface area contributed by atoms with E-state index in [4.69, 9.17) is 9.15 Å². The number of nitrogens with zero attached hydrogens (tertiary/aromatic N) is 3. The number of carbonyl (C=O) groups is 1. The lowest BCUT2D eigenvalue weighted by atomic mass is 10.2. The summed E-state index contributed by atoms with van der Waals surface area (Å²) in [6.07, 6.45) is 6.27. The fourth-order valence-electron chi connectivity index (χ4n) is 3.21. The molecule has 11 heteroatoms. The van der Waals surface area contributed by atoms with Crippen LogP contribution in [0.4, 0.5) is 0 Å². The molecule has 1 aliphatic rings. The summed E-state index contributed by atoms with van der Waals surface area (Å²) in [5, 5.41) is 0.776. The van der Waals surface area contributed by atoms with Crippen molar-refractivity contribution in [3.8, 4) is 5.75 Å². The Balaban J connectivity index is 1.41. The van der Waals surface area contributed by atoms with Gasteiger partial charge in [0.05, 0.1) is 16.2 Å². The lowest BCUT2D eigenvalue weighted by molar-refractivity contribution is 0.0728. The molecule has 1 fully saturated rings. The number of sulfonamides is 1. The molecule has 1 aromatic carbocycles. The lowest BCUT2D eigenvalue weighted by Crippen LogP contribution is -2.27. The van der Waals surface area contributed by atoms with E-state index < -0.39 is 21.4 Å². The third-order valence-electron chi connectivity index (χ3n) is 4.97. The molecule has 32 heavy (non-hydrogen) atoms. The monoisotopic (exact) mass is 475 g/mol. The highest BCUT2D eigenvalue weighted by Crippen LogP contribution is 2.22. The molecule has 9 nitrogen and oxygen atoms in total. The van der Waals surface area contributed by atoms with Crippen LogP contribution in [0, 0.1) is 0 Å². The highest BCUT2D eigenvalue weighted by atomic mass is 32.2. The van der Waals surface area contributed by atoms with Crippen molar-refractivity contribution in [2.45, 2.75) is 28.6 Å². The first kappa shape index (κ1) is 22.3. The van der Waals surface area contributed by atoms with Gasteiger partial charge in [0.25, 0.3) is 0 Å². The number of rotatable bonds is 7. The first-order valence-corrected chi connectivity index (χ1v) is 12.3. The van der Waals surface area contributed by atoms with Gasteiger partial charge in [-0.05, 0) is 37.1 Å².